The summed E-state index contributed by atoms with van der Waals surface area (Å²) in [7, 11) is 0. The third-order valence-electron chi connectivity index (χ3n) is 2.31. The molecule has 0 aliphatic carbocycles. The van der Waals surface area contributed by atoms with Crippen LogP contribution in [-0.2, 0) is 9.47 Å². The van der Waals surface area contributed by atoms with E-state index >= 15 is 0 Å². The number of hydrogen-bond donors (Lipinski definition) is 1. The normalized spacial score (nSPS) is 29.1. The molecule has 1 N–H and O–H groups in total. The van der Waals surface area contributed by atoms with E-state index in [1.807, 2.05) is 13.8 Å². The van der Waals surface area contributed by atoms with Gasteiger partial charge in [-0.25, -0.2) is 0 Å². The van der Waals surface area contributed by atoms with Crippen molar-refractivity contribution in [2.75, 3.05) is 6.61 Å². The second-order valence-electron chi connectivity index (χ2n) is 4.08. The second-order valence-corrected chi connectivity index (χ2v) is 4.08. The van der Waals surface area contributed by atoms with E-state index in [0.717, 1.165) is 19.3 Å². The maximum atomic E-state index is 9.71. The number of aliphatic hydroxyl groups is 1. The molecule has 0 aromatic heterocycles. The van der Waals surface area contributed by atoms with Gasteiger partial charge >= 0.3 is 0 Å². The first-order valence-corrected chi connectivity index (χ1v) is 5.05. The van der Waals surface area contributed by atoms with Crippen LogP contribution in [0.4, 0.5) is 0 Å². The van der Waals surface area contributed by atoms with Gasteiger partial charge in [0.05, 0.1) is 12.7 Å². The SMILES string of the molecule is CCCC[C@H](O)[C@H]1COC(C)(C)O1. The molecule has 78 valence electrons. The summed E-state index contributed by atoms with van der Waals surface area (Å²) in [5.74, 6) is -0.516. The number of aliphatic hydroxyl groups excluding tert-OH is 1. The summed E-state index contributed by atoms with van der Waals surface area (Å²) in [5.41, 5.74) is 0. The Morgan fingerprint density at radius 3 is 2.69 bits per heavy atom. The van der Waals surface area contributed by atoms with Crippen LogP contribution in [0.15, 0.2) is 0 Å². The minimum Gasteiger partial charge on any atom is -0.390 e. The van der Waals surface area contributed by atoms with Gasteiger partial charge in [0.25, 0.3) is 0 Å². The van der Waals surface area contributed by atoms with Crippen molar-refractivity contribution in [3.8, 4) is 0 Å². The fraction of sp³-hybridized carbons (Fsp3) is 1.00. The second kappa shape index (κ2) is 4.40. The number of rotatable bonds is 4. The molecule has 2 atom stereocenters. The minimum atomic E-state index is -0.516. The summed E-state index contributed by atoms with van der Waals surface area (Å²) < 4.78 is 10.9. The van der Waals surface area contributed by atoms with Gasteiger partial charge in [-0.3, -0.25) is 0 Å². The van der Waals surface area contributed by atoms with Crippen molar-refractivity contribution in [3.63, 3.8) is 0 Å². The van der Waals surface area contributed by atoms with E-state index in [9.17, 15) is 5.11 Å². The predicted molar refractivity (Wildman–Crippen MR) is 50.4 cm³/mol. The van der Waals surface area contributed by atoms with Crippen molar-refractivity contribution >= 4 is 0 Å². The maximum Gasteiger partial charge on any atom is 0.163 e. The summed E-state index contributed by atoms with van der Waals surface area (Å²) in [6.45, 7) is 6.37. The summed E-state index contributed by atoms with van der Waals surface area (Å²) in [6, 6.07) is 0. The number of ether oxygens (including phenoxy) is 2. The van der Waals surface area contributed by atoms with Crippen LogP contribution in [0.1, 0.15) is 40.0 Å². The fourth-order valence-electron chi connectivity index (χ4n) is 1.50. The van der Waals surface area contributed by atoms with Gasteiger partial charge in [-0.15, -0.1) is 0 Å². The first kappa shape index (κ1) is 11.0. The van der Waals surface area contributed by atoms with Crippen LogP contribution in [0, 0.1) is 0 Å². The molecule has 0 aromatic rings. The quantitative estimate of drug-likeness (QED) is 0.729. The molecule has 1 saturated heterocycles. The first-order valence-electron chi connectivity index (χ1n) is 5.05. The highest BCUT2D eigenvalue weighted by atomic mass is 16.7. The Bertz CT molecular complexity index is 156. The molecule has 0 bridgehead atoms. The fourth-order valence-corrected chi connectivity index (χ4v) is 1.50. The molecule has 0 radical (unpaired) electrons. The Morgan fingerprint density at radius 1 is 1.54 bits per heavy atom. The Kier molecular flexibility index (Phi) is 3.71. The van der Waals surface area contributed by atoms with Gasteiger partial charge in [0.2, 0.25) is 0 Å². The first-order chi connectivity index (χ1) is 6.05. The number of unbranched alkanes of at least 4 members (excludes halogenated alkanes) is 1. The van der Waals surface area contributed by atoms with Gasteiger partial charge in [0.15, 0.2) is 5.79 Å². The van der Waals surface area contributed by atoms with Crippen molar-refractivity contribution in [2.45, 2.75) is 58.0 Å². The summed E-state index contributed by atoms with van der Waals surface area (Å²) in [5, 5.41) is 9.71. The molecule has 1 aliphatic heterocycles. The van der Waals surface area contributed by atoms with E-state index in [4.69, 9.17) is 9.47 Å². The summed E-state index contributed by atoms with van der Waals surface area (Å²) >= 11 is 0. The van der Waals surface area contributed by atoms with Crippen molar-refractivity contribution in [2.24, 2.45) is 0 Å². The van der Waals surface area contributed by atoms with Gasteiger partial charge in [0.1, 0.15) is 6.10 Å². The largest absolute Gasteiger partial charge is 0.390 e. The zero-order valence-corrected chi connectivity index (χ0v) is 8.75. The monoisotopic (exact) mass is 188 g/mol. The van der Waals surface area contributed by atoms with Crippen molar-refractivity contribution < 1.29 is 14.6 Å². The Balaban J connectivity index is 2.29. The molecule has 0 aromatic carbocycles. The van der Waals surface area contributed by atoms with Crippen molar-refractivity contribution in [3.05, 3.63) is 0 Å². The van der Waals surface area contributed by atoms with E-state index in [-0.39, 0.29) is 12.2 Å². The van der Waals surface area contributed by atoms with Gasteiger partial charge in [-0.05, 0) is 20.3 Å². The van der Waals surface area contributed by atoms with Gasteiger partial charge < -0.3 is 14.6 Å². The maximum absolute atomic E-state index is 9.71. The van der Waals surface area contributed by atoms with Crippen LogP contribution in [-0.4, -0.2) is 29.7 Å². The van der Waals surface area contributed by atoms with Crippen LogP contribution < -0.4 is 0 Å². The summed E-state index contributed by atoms with van der Waals surface area (Å²) in [6.07, 6.45) is 2.44. The van der Waals surface area contributed by atoms with Crippen LogP contribution >= 0.6 is 0 Å². The molecule has 1 fully saturated rings. The average Bonchev–Trinajstić information content (AvgIpc) is 2.42. The van der Waals surface area contributed by atoms with Crippen molar-refractivity contribution in [1.82, 2.24) is 0 Å². The topological polar surface area (TPSA) is 38.7 Å². The predicted octanol–water partition coefficient (Wildman–Crippen LogP) is 1.69. The molecule has 3 heteroatoms. The van der Waals surface area contributed by atoms with Gasteiger partial charge in [-0.1, -0.05) is 19.8 Å². The molecule has 1 aliphatic rings. The minimum absolute atomic E-state index is 0.137. The molecular formula is C10H20O3. The molecule has 3 nitrogen and oxygen atoms in total. The molecule has 0 spiro atoms. The molecule has 13 heavy (non-hydrogen) atoms. The zero-order chi connectivity index (χ0) is 9.90. The lowest BCUT2D eigenvalue weighted by atomic mass is 10.1. The Labute approximate surface area is 80.0 Å². The van der Waals surface area contributed by atoms with E-state index in [2.05, 4.69) is 6.92 Å². The third kappa shape index (κ3) is 3.25. The molecular weight excluding hydrogens is 168 g/mol. The van der Waals surface area contributed by atoms with Crippen LogP contribution in [0.3, 0.4) is 0 Å². The lowest BCUT2D eigenvalue weighted by Gasteiger charge is -2.20. The lowest BCUT2D eigenvalue weighted by molar-refractivity contribution is -0.151. The molecule has 1 rings (SSSR count). The van der Waals surface area contributed by atoms with E-state index in [1.165, 1.54) is 0 Å². The highest BCUT2D eigenvalue weighted by Gasteiger charge is 2.36. The molecule has 0 unspecified atom stereocenters. The lowest BCUT2D eigenvalue weighted by Crippen LogP contribution is -2.30. The van der Waals surface area contributed by atoms with Crippen LogP contribution in [0.25, 0.3) is 0 Å². The van der Waals surface area contributed by atoms with E-state index in [1.54, 1.807) is 0 Å². The Hall–Kier alpha value is -0.120. The highest BCUT2D eigenvalue weighted by molar-refractivity contribution is 4.77. The average molecular weight is 188 g/mol. The van der Waals surface area contributed by atoms with Crippen LogP contribution in [0.2, 0.25) is 0 Å². The zero-order valence-electron chi connectivity index (χ0n) is 8.75. The van der Waals surface area contributed by atoms with Gasteiger partial charge in [-0.2, -0.15) is 0 Å². The smallest absolute Gasteiger partial charge is 0.163 e. The molecule has 0 saturated carbocycles. The van der Waals surface area contributed by atoms with E-state index < -0.39 is 5.79 Å². The highest BCUT2D eigenvalue weighted by Crippen LogP contribution is 2.25. The van der Waals surface area contributed by atoms with Gasteiger partial charge in [0, 0.05) is 0 Å². The Morgan fingerprint density at radius 2 is 2.23 bits per heavy atom. The standard InChI is InChI=1S/C10H20O3/c1-4-5-6-8(11)9-7-12-10(2,3)13-9/h8-9,11H,4-7H2,1-3H3/t8-,9+/m0/s1. The summed E-state index contributed by atoms with van der Waals surface area (Å²) in [4.78, 5) is 0. The van der Waals surface area contributed by atoms with E-state index in [0.29, 0.717) is 6.61 Å². The van der Waals surface area contributed by atoms with Crippen LogP contribution in [0.5, 0.6) is 0 Å². The molecule has 0 amide bonds. The number of hydrogen-bond acceptors (Lipinski definition) is 3. The van der Waals surface area contributed by atoms with Crippen molar-refractivity contribution in [1.29, 1.82) is 0 Å². The third-order valence-corrected chi connectivity index (χ3v) is 2.31. The molecule has 1 heterocycles.